The van der Waals surface area contributed by atoms with Gasteiger partial charge in [-0.2, -0.15) is 4.39 Å². The molecule has 0 saturated carbocycles. The molecule has 0 radical (unpaired) electrons. The Labute approximate surface area is 207 Å². The predicted octanol–water partition coefficient (Wildman–Crippen LogP) is 4.75. The van der Waals surface area contributed by atoms with E-state index in [0.717, 1.165) is 5.56 Å². The number of aliphatic imine (C=N–C) groups is 2. The van der Waals surface area contributed by atoms with Crippen LogP contribution in [0.3, 0.4) is 0 Å². The molecule has 0 fully saturated rings. The molecule has 2 N–H and O–H groups in total. The smallest absolute Gasteiger partial charge is 0.220 e. The summed E-state index contributed by atoms with van der Waals surface area (Å²) >= 11 is 0. The van der Waals surface area contributed by atoms with Crippen molar-refractivity contribution in [1.82, 2.24) is 9.88 Å². The molecule has 36 heavy (non-hydrogen) atoms. The molecule has 186 valence electrons. The second kappa shape index (κ2) is 8.65. The first-order valence-corrected chi connectivity index (χ1v) is 11.6. The molecule has 0 amide bonds. The lowest BCUT2D eigenvalue weighted by molar-refractivity contribution is 0.185. The fourth-order valence-electron chi connectivity index (χ4n) is 4.87. The van der Waals surface area contributed by atoms with Crippen LogP contribution in [0.15, 0.2) is 64.7 Å². The van der Waals surface area contributed by atoms with Crippen LogP contribution >= 0.6 is 0 Å². The first kappa shape index (κ1) is 23.8. The number of alkyl halides is 1. The fourth-order valence-corrected chi connectivity index (χ4v) is 4.87. The summed E-state index contributed by atoms with van der Waals surface area (Å²) in [6.07, 6.45) is 1.51. The Bertz CT molecular complexity index is 1400. The fraction of sp³-hybridized carbons (Fsp3) is 0.296. The molecular weight excluding hydrogens is 467 g/mol. The van der Waals surface area contributed by atoms with Crippen LogP contribution < -0.4 is 10.5 Å². The molecule has 5 rings (SSSR count). The van der Waals surface area contributed by atoms with Gasteiger partial charge in [0, 0.05) is 30.3 Å². The van der Waals surface area contributed by atoms with Crippen molar-refractivity contribution in [2.45, 2.75) is 31.5 Å². The van der Waals surface area contributed by atoms with Gasteiger partial charge in [-0.05, 0) is 66.9 Å². The van der Waals surface area contributed by atoms with Gasteiger partial charge in [0.25, 0.3) is 0 Å². The first-order valence-electron chi connectivity index (χ1n) is 11.6. The summed E-state index contributed by atoms with van der Waals surface area (Å²) in [6, 6.07) is 12.9. The number of halogens is 3. The van der Waals surface area contributed by atoms with Gasteiger partial charge in [0.05, 0.1) is 13.7 Å². The van der Waals surface area contributed by atoms with Gasteiger partial charge in [0.1, 0.15) is 23.1 Å². The standard InChI is InChI=1S/C27H26F3N5O/c1-16-13-17(7-9-22(16)36-3)27(24-33-15-26(2,30)10-12-35(24)25(31)34-27)18-6-8-21(28)20(14-18)19-5-4-11-32-23(19)29/h4-9,11,13-14H,10,12,15H2,1-3H3,(H2,31,34). The second-order valence-corrected chi connectivity index (χ2v) is 9.36. The average molecular weight is 494 g/mol. The highest BCUT2D eigenvalue weighted by atomic mass is 19.1. The number of rotatable bonds is 4. The summed E-state index contributed by atoms with van der Waals surface area (Å²) < 4.78 is 50.1. The van der Waals surface area contributed by atoms with Crippen LogP contribution in [0.5, 0.6) is 5.75 Å². The molecule has 1 aromatic heterocycles. The van der Waals surface area contributed by atoms with E-state index in [4.69, 9.17) is 15.5 Å². The highest BCUT2D eigenvalue weighted by Gasteiger charge is 2.50. The number of benzene rings is 2. The molecule has 9 heteroatoms. The molecule has 2 unspecified atom stereocenters. The van der Waals surface area contributed by atoms with Crippen molar-refractivity contribution in [3.8, 4) is 16.9 Å². The second-order valence-electron chi connectivity index (χ2n) is 9.36. The molecule has 0 aliphatic carbocycles. The average Bonchev–Trinajstić information content (AvgIpc) is 3.03. The third-order valence-electron chi connectivity index (χ3n) is 6.80. The van der Waals surface area contributed by atoms with Crippen LogP contribution in [0.4, 0.5) is 13.2 Å². The quantitative estimate of drug-likeness (QED) is 0.533. The van der Waals surface area contributed by atoms with Crippen LogP contribution in [0.1, 0.15) is 30.0 Å². The minimum atomic E-state index is -1.52. The van der Waals surface area contributed by atoms with Crippen molar-refractivity contribution in [3.05, 3.63) is 83.2 Å². The molecule has 2 aliphatic rings. The lowest BCUT2D eigenvalue weighted by atomic mass is 9.80. The van der Waals surface area contributed by atoms with Crippen LogP contribution in [0.2, 0.25) is 0 Å². The van der Waals surface area contributed by atoms with E-state index in [1.165, 1.54) is 37.4 Å². The highest BCUT2D eigenvalue weighted by molar-refractivity contribution is 6.12. The number of pyridine rings is 1. The number of aromatic nitrogens is 1. The van der Waals surface area contributed by atoms with Crippen LogP contribution in [-0.2, 0) is 5.54 Å². The van der Waals surface area contributed by atoms with E-state index in [9.17, 15) is 4.39 Å². The number of hydrogen-bond acceptors (Lipinski definition) is 6. The maximum absolute atomic E-state index is 15.0. The largest absolute Gasteiger partial charge is 0.496 e. The zero-order valence-electron chi connectivity index (χ0n) is 20.2. The lowest BCUT2D eigenvalue weighted by Gasteiger charge is -2.31. The van der Waals surface area contributed by atoms with Gasteiger partial charge in [-0.1, -0.05) is 12.1 Å². The summed E-state index contributed by atoms with van der Waals surface area (Å²) in [5.41, 5.74) is 5.66. The Kier molecular flexibility index (Phi) is 5.73. The third kappa shape index (κ3) is 3.79. The van der Waals surface area contributed by atoms with E-state index in [1.54, 1.807) is 18.1 Å². The van der Waals surface area contributed by atoms with Gasteiger partial charge in [-0.25, -0.2) is 18.8 Å². The van der Waals surface area contributed by atoms with E-state index in [0.29, 0.717) is 22.7 Å². The minimum Gasteiger partial charge on any atom is -0.496 e. The summed E-state index contributed by atoms with van der Waals surface area (Å²) in [5, 5.41) is 0. The van der Waals surface area contributed by atoms with Gasteiger partial charge in [0.15, 0.2) is 11.5 Å². The van der Waals surface area contributed by atoms with Crippen LogP contribution in [-0.4, -0.2) is 47.5 Å². The summed E-state index contributed by atoms with van der Waals surface area (Å²) in [7, 11) is 1.58. The molecule has 2 atom stereocenters. The summed E-state index contributed by atoms with van der Waals surface area (Å²) in [6.45, 7) is 3.60. The number of nitrogens with two attached hydrogens (primary N) is 1. The van der Waals surface area contributed by atoms with Gasteiger partial charge < -0.3 is 10.5 Å². The van der Waals surface area contributed by atoms with Crippen LogP contribution in [0, 0.1) is 18.7 Å². The number of hydrogen-bond donors (Lipinski definition) is 1. The molecule has 2 aliphatic heterocycles. The number of aryl methyl sites for hydroxylation is 1. The Morgan fingerprint density at radius 1 is 1.06 bits per heavy atom. The van der Waals surface area contributed by atoms with E-state index in [1.807, 2.05) is 25.1 Å². The lowest BCUT2D eigenvalue weighted by Crippen LogP contribution is -2.44. The van der Waals surface area contributed by atoms with E-state index >= 15 is 8.78 Å². The zero-order chi connectivity index (χ0) is 25.7. The molecule has 0 saturated heterocycles. The third-order valence-corrected chi connectivity index (χ3v) is 6.80. The van der Waals surface area contributed by atoms with Crippen molar-refractivity contribution >= 4 is 11.8 Å². The Morgan fingerprint density at radius 2 is 1.81 bits per heavy atom. The molecule has 6 nitrogen and oxygen atoms in total. The molecule has 0 spiro atoms. The van der Waals surface area contributed by atoms with Crippen molar-refractivity contribution in [2.24, 2.45) is 15.7 Å². The minimum absolute atomic E-state index is 0.0175. The van der Waals surface area contributed by atoms with Crippen LogP contribution in [0.25, 0.3) is 11.1 Å². The van der Waals surface area contributed by atoms with Gasteiger partial charge in [-0.3, -0.25) is 9.89 Å². The van der Waals surface area contributed by atoms with Crippen molar-refractivity contribution < 1.29 is 17.9 Å². The number of guanidine groups is 1. The number of nitrogens with zero attached hydrogens (tertiary/aromatic N) is 4. The van der Waals surface area contributed by atoms with E-state index in [-0.39, 0.29) is 36.6 Å². The first-order chi connectivity index (χ1) is 17.2. The highest BCUT2D eigenvalue weighted by Crippen LogP contribution is 2.44. The topological polar surface area (TPSA) is 76.1 Å². The molecule has 3 aromatic rings. The Hall–Kier alpha value is -3.88. The van der Waals surface area contributed by atoms with Crippen molar-refractivity contribution in [1.29, 1.82) is 0 Å². The number of amidine groups is 1. The molecule has 3 heterocycles. The maximum Gasteiger partial charge on any atom is 0.220 e. The van der Waals surface area contributed by atoms with Gasteiger partial charge in [0.2, 0.25) is 5.95 Å². The van der Waals surface area contributed by atoms with E-state index < -0.39 is 23.0 Å². The predicted molar refractivity (Wildman–Crippen MR) is 133 cm³/mol. The summed E-state index contributed by atoms with van der Waals surface area (Å²) in [5.74, 6) is -0.109. The monoisotopic (exact) mass is 493 g/mol. The zero-order valence-corrected chi connectivity index (χ0v) is 20.2. The normalized spacial score (nSPS) is 23.6. The Balaban J connectivity index is 1.80. The number of ether oxygens (including phenoxy) is 1. The summed E-state index contributed by atoms with van der Waals surface area (Å²) in [4.78, 5) is 14.9. The molecule has 2 aromatic carbocycles. The maximum atomic E-state index is 15.0. The van der Waals surface area contributed by atoms with Crippen molar-refractivity contribution in [3.63, 3.8) is 0 Å². The number of methoxy groups -OCH3 is 1. The van der Waals surface area contributed by atoms with Crippen molar-refractivity contribution in [2.75, 3.05) is 20.2 Å². The van der Waals surface area contributed by atoms with E-state index in [2.05, 4.69) is 9.98 Å². The Morgan fingerprint density at radius 3 is 2.53 bits per heavy atom. The molecule has 0 bridgehead atoms. The van der Waals surface area contributed by atoms with Gasteiger partial charge >= 0.3 is 0 Å². The molecular formula is C27H26F3N5O. The SMILES string of the molecule is COc1ccc(C2(c3ccc(F)c(-c4cccnc4F)c3)N=C(N)N3CCC(C)(F)CN=C32)cc1C. The van der Waals surface area contributed by atoms with Gasteiger partial charge in [-0.15, -0.1) is 0 Å². The number of fused-ring (bicyclic) bond motifs is 1.